The van der Waals surface area contributed by atoms with Crippen LogP contribution in [-0.4, -0.2) is 20.7 Å². The van der Waals surface area contributed by atoms with E-state index in [0.717, 1.165) is 16.2 Å². The quantitative estimate of drug-likeness (QED) is 0.726. The van der Waals surface area contributed by atoms with Crippen LogP contribution in [0.1, 0.15) is 10.4 Å². The molecule has 8 heteroatoms. The van der Waals surface area contributed by atoms with Gasteiger partial charge in [-0.15, -0.1) is 11.3 Å². The van der Waals surface area contributed by atoms with Crippen molar-refractivity contribution in [3.8, 4) is 16.4 Å². The molecule has 1 N–H and O–H groups in total. The normalized spacial score (nSPS) is 11.6. The SMILES string of the molecule is COc1ccc(CNS(=O)(=O)c2cc(-c3ccno3)sc2C)cc1. The van der Waals surface area contributed by atoms with Crippen molar-refractivity contribution in [2.24, 2.45) is 0 Å². The number of aryl methyl sites for hydroxylation is 1. The Labute approximate surface area is 144 Å². The van der Waals surface area contributed by atoms with Crippen LogP contribution in [0.3, 0.4) is 0 Å². The lowest BCUT2D eigenvalue weighted by molar-refractivity contribution is 0.414. The second-order valence-corrected chi connectivity index (χ2v) is 8.07. The molecular formula is C16H16N2O4S2. The van der Waals surface area contributed by atoms with Crippen LogP contribution in [0.4, 0.5) is 0 Å². The van der Waals surface area contributed by atoms with Gasteiger partial charge in [-0.3, -0.25) is 0 Å². The molecule has 126 valence electrons. The zero-order valence-electron chi connectivity index (χ0n) is 13.1. The second-order valence-electron chi connectivity index (χ2n) is 5.08. The van der Waals surface area contributed by atoms with Crippen LogP contribution in [0.15, 0.2) is 52.0 Å². The van der Waals surface area contributed by atoms with Gasteiger partial charge in [0.05, 0.1) is 23.1 Å². The van der Waals surface area contributed by atoms with Crippen molar-refractivity contribution >= 4 is 21.4 Å². The number of aromatic nitrogens is 1. The van der Waals surface area contributed by atoms with Gasteiger partial charge in [-0.2, -0.15) is 0 Å². The molecule has 0 saturated carbocycles. The van der Waals surface area contributed by atoms with Crippen molar-refractivity contribution < 1.29 is 17.7 Å². The number of benzene rings is 1. The van der Waals surface area contributed by atoms with Gasteiger partial charge in [0, 0.05) is 17.5 Å². The Hall–Kier alpha value is -2.16. The van der Waals surface area contributed by atoms with Crippen LogP contribution in [0, 0.1) is 6.92 Å². The summed E-state index contributed by atoms with van der Waals surface area (Å²) in [5, 5.41) is 3.65. The van der Waals surface area contributed by atoms with E-state index in [9.17, 15) is 8.42 Å². The van der Waals surface area contributed by atoms with Crippen LogP contribution in [-0.2, 0) is 16.6 Å². The lowest BCUT2D eigenvalue weighted by Crippen LogP contribution is -2.23. The van der Waals surface area contributed by atoms with E-state index in [1.807, 2.05) is 12.1 Å². The van der Waals surface area contributed by atoms with Gasteiger partial charge >= 0.3 is 0 Å². The number of nitrogens with one attached hydrogen (secondary N) is 1. The predicted molar refractivity (Wildman–Crippen MR) is 91.6 cm³/mol. The summed E-state index contributed by atoms with van der Waals surface area (Å²) >= 11 is 1.36. The fourth-order valence-electron chi connectivity index (χ4n) is 2.20. The number of rotatable bonds is 6. The van der Waals surface area contributed by atoms with E-state index in [4.69, 9.17) is 9.26 Å². The summed E-state index contributed by atoms with van der Waals surface area (Å²) < 4.78 is 37.9. The average molecular weight is 364 g/mol. The molecule has 2 heterocycles. The van der Waals surface area contributed by atoms with E-state index in [2.05, 4.69) is 9.88 Å². The van der Waals surface area contributed by atoms with Crippen LogP contribution in [0.5, 0.6) is 5.75 Å². The highest BCUT2D eigenvalue weighted by atomic mass is 32.2. The summed E-state index contributed by atoms with van der Waals surface area (Å²) in [7, 11) is -2.02. The van der Waals surface area contributed by atoms with Gasteiger partial charge in [-0.05, 0) is 30.7 Å². The smallest absolute Gasteiger partial charge is 0.241 e. The molecule has 0 amide bonds. The number of nitrogens with zero attached hydrogens (tertiary/aromatic N) is 1. The Bertz CT molecular complexity index is 914. The van der Waals surface area contributed by atoms with Crippen molar-refractivity contribution in [3.05, 3.63) is 53.0 Å². The summed E-state index contributed by atoms with van der Waals surface area (Å²) in [5.74, 6) is 1.28. The van der Waals surface area contributed by atoms with Gasteiger partial charge < -0.3 is 9.26 Å². The van der Waals surface area contributed by atoms with Crippen molar-refractivity contribution in [2.45, 2.75) is 18.4 Å². The molecule has 0 aliphatic rings. The molecule has 0 unspecified atom stereocenters. The molecular weight excluding hydrogens is 348 g/mol. The second kappa shape index (κ2) is 6.76. The predicted octanol–water partition coefficient (Wildman–Crippen LogP) is 3.20. The minimum Gasteiger partial charge on any atom is -0.497 e. The fraction of sp³-hybridized carbons (Fsp3) is 0.188. The average Bonchev–Trinajstić information content (AvgIpc) is 3.23. The largest absolute Gasteiger partial charge is 0.497 e. The third kappa shape index (κ3) is 3.50. The molecule has 0 radical (unpaired) electrons. The first kappa shape index (κ1) is 16.7. The molecule has 0 aliphatic carbocycles. The van der Waals surface area contributed by atoms with Crippen LogP contribution < -0.4 is 9.46 Å². The number of thiophene rings is 1. The molecule has 6 nitrogen and oxygen atoms in total. The van der Waals surface area contributed by atoms with Gasteiger partial charge in [-0.1, -0.05) is 17.3 Å². The summed E-state index contributed by atoms with van der Waals surface area (Å²) in [6, 6.07) is 10.5. The Morgan fingerprint density at radius 1 is 1.25 bits per heavy atom. The lowest BCUT2D eigenvalue weighted by Gasteiger charge is -2.07. The summed E-state index contributed by atoms with van der Waals surface area (Å²) in [6.07, 6.45) is 1.53. The maximum Gasteiger partial charge on any atom is 0.241 e. The van der Waals surface area contributed by atoms with E-state index in [1.54, 1.807) is 38.3 Å². The Kier molecular flexibility index (Phi) is 4.70. The van der Waals surface area contributed by atoms with Crippen molar-refractivity contribution in [3.63, 3.8) is 0 Å². The van der Waals surface area contributed by atoms with Crippen LogP contribution in [0.2, 0.25) is 0 Å². The van der Waals surface area contributed by atoms with Gasteiger partial charge in [-0.25, -0.2) is 13.1 Å². The topological polar surface area (TPSA) is 81.4 Å². The Morgan fingerprint density at radius 3 is 2.62 bits per heavy atom. The van der Waals surface area contributed by atoms with E-state index in [-0.39, 0.29) is 11.4 Å². The third-order valence-corrected chi connectivity index (χ3v) is 6.19. The zero-order chi connectivity index (χ0) is 17.2. The molecule has 0 atom stereocenters. The molecule has 0 aliphatic heterocycles. The standard InChI is InChI=1S/C16H16N2O4S2/c1-11-16(9-15(23-11)14-7-8-17-22-14)24(19,20)18-10-12-3-5-13(21-2)6-4-12/h3-9,18H,10H2,1-2H3. The van der Waals surface area contributed by atoms with Crippen molar-refractivity contribution in [1.29, 1.82) is 0 Å². The number of ether oxygens (including phenoxy) is 1. The van der Waals surface area contributed by atoms with Gasteiger partial charge in [0.1, 0.15) is 5.75 Å². The van der Waals surface area contributed by atoms with Crippen molar-refractivity contribution in [1.82, 2.24) is 9.88 Å². The maximum atomic E-state index is 12.6. The fourth-order valence-corrected chi connectivity index (χ4v) is 4.76. The summed E-state index contributed by atoms with van der Waals surface area (Å²) in [6.45, 7) is 1.98. The molecule has 1 aromatic carbocycles. The third-order valence-electron chi connectivity index (χ3n) is 3.47. The monoisotopic (exact) mass is 364 g/mol. The van der Waals surface area contributed by atoms with Crippen molar-refractivity contribution in [2.75, 3.05) is 7.11 Å². The molecule has 3 rings (SSSR count). The van der Waals surface area contributed by atoms with E-state index in [1.165, 1.54) is 17.5 Å². The van der Waals surface area contributed by atoms with E-state index < -0.39 is 10.0 Å². The number of hydrogen-bond acceptors (Lipinski definition) is 6. The molecule has 0 spiro atoms. The Morgan fingerprint density at radius 2 is 2.00 bits per heavy atom. The van der Waals surface area contributed by atoms with Crippen LogP contribution >= 0.6 is 11.3 Å². The lowest BCUT2D eigenvalue weighted by atomic mass is 10.2. The number of methoxy groups -OCH3 is 1. The first-order valence-electron chi connectivity index (χ1n) is 7.13. The summed E-state index contributed by atoms with van der Waals surface area (Å²) in [4.78, 5) is 1.69. The molecule has 0 fully saturated rings. The highest BCUT2D eigenvalue weighted by Gasteiger charge is 2.21. The van der Waals surface area contributed by atoms with Gasteiger partial charge in [0.25, 0.3) is 0 Å². The number of sulfonamides is 1. The molecule has 2 aromatic heterocycles. The molecule has 24 heavy (non-hydrogen) atoms. The van der Waals surface area contributed by atoms with Crippen LogP contribution in [0.25, 0.3) is 10.6 Å². The summed E-state index contributed by atoms with van der Waals surface area (Å²) in [5.41, 5.74) is 0.850. The minimum absolute atomic E-state index is 0.208. The first-order chi connectivity index (χ1) is 11.5. The first-order valence-corrected chi connectivity index (χ1v) is 9.43. The zero-order valence-corrected chi connectivity index (χ0v) is 14.8. The minimum atomic E-state index is -3.61. The van der Waals surface area contributed by atoms with Gasteiger partial charge in [0.15, 0.2) is 5.76 Å². The maximum absolute atomic E-state index is 12.6. The van der Waals surface area contributed by atoms with E-state index >= 15 is 0 Å². The molecule has 0 bridgehead atoms. The number of hydrogen-bond donors (Lipinski definition) is 1. The highest BCUT2D eigenvalue weighted by molar-refractivity contribution is 7.89. The van der Waals surface area contributed by atoms with E-state index in [0.29, 0.717) is 10.6 Å². The molecule has 0 saturated heterocycles. The molecule has 3 aromatic rings. The highest BCUT2D eigenvalue weighted by Crippen LogP contribution is 2.33. The Balaban J connectivity index is 1.77. The van der Waals surface area contributed by atoms with Gasteiger partial charge in [0.2, 0.25) is 10.0 Å².